The molecule has 2 aliphatic rings. The molecule has 0 atom stereocenters. The van der Waals surface area contributed by atoms with E-state index in [0.29, 0.717) is 0 Å². The number of anilines is 2. The van der Waals surface area contributed by atoms with Crippen molar-refractivity contribution in [3.63, 3.8) is 0 Å². The molecule has 2 aromatic carbocycles. The third-order valence-corrected chi connectivity index (χ3v) is 7.99. The molecule has 0 saturated carbocycles. The van der Waals surface area contributed by atoms with Gasteiger partial charge in [-0.3, -0.25) is 0 Å². The van der Waals surface area contributed by atoms with Crippen molar-refractivity contribution in [2.24, 2.45) is 4.99 Å². The highest BCUT2D eigenvalue weighted by atomic mass is 32.3. The topological polar surface area (TPSA) is 74.2 Å². The lowest BCUT2D eigenvalue weighted by Gasteiger charge is -2.34. The molecular formula is C22H22N4O3S2. The van der Waals surface area contributed by atoms with Crippen molar-refractivity contribution in [3.05, 3.63) is 65.5 Å². The fourth-order valence-corrected chi connectivity index (χ4v) is 5.57. The zero-order valence-electron chi connectivity index (χ0n) is 17.0. The van der Waals surface area contributed by atoms with Gasteiger partial charge in [-0.15, -0.1) is 11.3 Å². The second-order valence-electron chi connectivity index (χ2n) is 7.54. The van der Waals surface area contributed by atoms with Crippen molar-refractivity contribution in [1.29, 1.82) is 0 Å². The van der Waals surface area contributed by atoms with E-state index in [0.717, 1.165) is 66.0 Å². The maximum absolute atomic E-state index is 12.6. The molecule has 9 heteroatoms. The first-order valence-electron chi connectivity index (χ1n) is 10.0. The van der Waals surface area contributed by atoms with E-state index in [1.165, 1.54) is 0 Å². The zero-order valence-corrected chi connectivity index (χ0v) is 18.6. The molecule has 3 heterocycles. The van der Waals surface area contributed by atoms with Gasteiger partial charge in [-0.05, 0) is 48.8 Å². The molecule has 160 valence electrons. The van der Waals surface area contributed by atoms with Crippen molar-refractivity contribution in [2.45, 2.75) is 4.21 Å². The van der Waals surface area contributed by atoms with Gasteiger partial charge in [0.1, 0.15) is 11.6 Å². The van der Waals surface area contributed by atoms with Crippen LogP contribution in [0.1, 0.15) is 5.56 Å². The quantitative estimate of drug-likeness (QED) is 0.605. The van der Waals surface area contributed by atoms with Crippen LogP contribution >= 0.6 is 11.3 Å². The van der Waals surface area contributed by atoms with Crippen LogP contribution in [0.25, 0.3) is 0 Å². The molecule has 1 aromatic heterocycles. The van der Waals surface area contributed by atoms with E-state index in [9.17, 15) is 8.42 Å². The number of fused-ring (bicyclic) bond motifs is 2. The number of nitrogens with zero attached hydrogens (tertiary/aromatic N) is 3. The van der Waals surface area contributed by atoms with Crippen molar-refractivity contribution >= 4 is 44.4 Å². The number of amidine groups is 1. The summed E-state index contributed by atoms with van der Waals surface area (Å²) in [6, 6.07) is 16.4. The number of piperazine rings is 1. The van der Waals surface area contributed by atoms with Gasteiger partial charge in [-0.2, -0.15) is 8.42 Å². The van der Waals surface area contributed by atoms with Crippen LogP contribution in [0.5, 0.6) is 5.75 Å². The largest absolute Gasteiger partial charge is 0.378 e. The standard InChI is InChI=1S/C22H22N4O3S2/c1-25-10-12-26(13-11-25)22-17-15-16(29-31(27,28)21-7-4-14-30-21)8-9-18(17)23-19-5-2-3-6-20(19)24-22/h2-9,14-15,23H,10-13H2,1H3. The molecule has 1 saturated heterocycles. The first kappa shape index (κ1) is 20.0. The number of nitrogens with one attached hydrogen (secondary N) is 1. The van der Waals surface area contributed by atoms with Gasteiger partial charge in [0.25, 0.3) is 0 Å². The van der Waals surface area contributed by atoms with Crippen molar-refractivity contribution in [1.82, 2.24) is 9.80 Å². The first-order chi connectivity index (χ1) is 15.0. The number of hydrogen-bond donors (Lipinski definition) is 1. The summed E-state index contributed by atoms with van der Waals surface area (Å²) in [4.78, 5) is 9.51. The van der Waals surface area contributed by atoms with Gasteiger partial charge in [-0.25, -0.2) is 4.99 Å². The summed E-state index contributed by atoms with van der Waals surface area (Å²) in [5.74, 6) is 1.08. The molecule has 0 unspecified atom stereocenters. The fourth-order valence-electron chi connectivity index (χ4n) is 3.70. The van der Waals surface area contributed by atoms with Crippen LogP contribution in [0.15, 0.2) is 69.2 Å². The van der Waals surface area contributed by atoms with Crippen LogP contribution in [-0.4, -0.2) is 57.3 Å². The summed E-state index contributed by atoms with van der Waals surface area (Å²) in [7, 11) is -1.76. The lowest BCUT2D eigenvalue weighted by Crippen LogP contribution is -2.47. The number of para-hydroxylation sites is 2. The second-order valence-corrected chi connectivity index (χ2v) is 10.3. The Labute approximate surface area is 185 Å². The summed E-state index contributed by atoms with van der Waals surface area (Å²) in [6.45, 7) is 3.56. The smallest absolute Gasteiger partial charge is 0.348 e. The monoisotopic (exact) mass is 454 g/mol. The third-order valence-electron chi connectivity index (χ3n) is 5.38. The summed E-state index contributed by atoms with van der Waals surface area (Å²) in [5, 5.41) is 5.16. The Morgan fingerprint density at radius 2 is 1.81 bits per heavy atom. The van der Waals surface area contributed by atoms with Gasteiger partial charge in [0.05, 0.1) is 11.4 Å². The molecule has 0 bridgehead atoms. The number of aliphatic imine (C=N–C) groups is 1. The predicted octanol–water partition coefficient (Wildman–Crippen LogP) is 3.90. The Morgan fingerprint density at radius 1 is 1.00 bits per heavy atom. The van der Waals surface area contributed by atoms with Crippen LogP contribution in [0.4, 0.5) is 17.1 Å². The van der Waals surface area contributed by atoms with Crippen molar-refractivity contribution < 1.29 is 12.6 Å². The summed E-state index contributed by atoms with van der Waals surface area (Å²) in [5.41, 5.74) is 3.44. The molecule has 0 spiro atoms. The molecular weight excluding hydrogens is 432 g/mol. The van der Waals surface area contributed by atoms with Gasteiger partial charge in [0.15, 0.2) is 4.21 Å². The number of benzene rings is 2. The summed E-state index contributed by atoms with van der Waals surface area (Å²) < 4.78 is 30.9. The molecule has 1 N–H and O–H groups in total. The van der Waals surface area contributed by atoms with Gasteiger partial charge >= 0.3 is 10.1 Å². The predicted molar refractivity (Wildman–Crippen MR) is 124 cm³/mol. The number of thiophene rings is 1. The van der Waals surface area contributed by atoms with Gasteiger partial charge in [0.2, 0.25) is 0 Å². The molecule has 31 heavy (non-hydrogen) atoms. The van der Waals surface area contributed by atoms with E-state index in [1.807, 2.05) is 30.3 Å². The molecule has 0 radical (unpaired) electrons. The van der Waals surface area contributed by atoms with Crippen molar-refractivity contribution in [3.8, 4) is 5.75 Å². The van der Waals surface area contributed by atoms with Gasteiger partial charge in [-0.1, -0.05) is 18.2 Å². The number of likely N-dealkylation sites (N-methyl/N-ethyl adjacent to an activating group) is 1. The second kappa shape index (κ2) is 7.99. The van der Waals surface area contributed by atoms with E-state index in [4.69, 9.17) is 9.18 Å². The van der Waals surface area contributed by atoms with Crippen LogP contribution in [0.3, 0.4) is 0 Å². The number of rotatable bonds is 3. The molecule has 0 aliphatic carbocycles. The minimum atomic E-state index is -3.87. The molecule has 1 fully saturated rings. The average molecular weight is 455 g/mol. The van der Waals surface area contributed by atoms with E-state index in [2.05, 4.69) is 22.2 Å². The first-order valence-corrected chi connectivity index (χ1v) is 12.3. The van der Waals surface area contributed by atoms with Crippen molar-refractivity contribution in [2.75, 3.05) is 38.5 Å². The highest BCUT2D eigenvalue weighted by Gasteiger charge is 2.26. The Bertz CT molecular complexity index is 1230. The fraction of sp³-hybridized carbons (Fsp3) is 0.227. The Balaban J connectivity index is 1.56. The Kier molecular flexibility index (Phi) is 5.17. The maximum Gasteiger partial charge on any atom is 0.348 e. The summed E-state index contributed by atoms with van der Waals surface area (Å²) in [6.07, 6.45) is 0. The van der Waals surface area contributed by atoms with Crippen LogP contribution < -0.4 is 9.50 Å². The summed E-state index contributed by atoms with van der Waals surface area (Å²) >= 11 is 1.13. The zero-order chi connectivity index (χ0) is 21.4. The Hall–Kier alpha value is -2.88. The lowest BCUT2D eigenvalue weighted by atomic mass is 10.1. The van der Waals surface area contributed by atoms with Crippen LogP contribution in [0.2, 0.25) is 0 Å². The normalized spacial score (nSPS) is 16.5. The van der Waals surface area contributed by atoms with E-state index >= 15 is 0 Å². The third kappa shape index (κ3) is 4.04. The highest BCUT2D eigenvalue weighted by molar-refractivity contribution is 7.89. The molecule has 7 nitrogen and oxygen atoms in total. The van der Waals surface area contributed by atoms with E-state index in [-0.39, 0.29) is 9.96 Å². The maximum atomic E-state index is 12.6. The average Bonchev–Trinajstić information content (AvgIpc) is 3.26. The van der Waals surface area contributed by atoms with Crippen LogP contribution in [-0.2, 0) is 10.1 Å². The minimum absolute atomic E-state index is 0.181. The van der Waals surface area contributed by atoms with Crippen LogP contribution in [0, 0.1) is 0 Å². The molecule has 5 rings (SSSR count). The minimum Gasteiger partial charge on any atom is -0.378 e. The Morgan fingerprint density at radius 3 is 2.58 bits per heavy atom. The van der Waals surface area contributed by atoms with E-state index in [1.54, 1.807) is 29.6 Å². The molecule has 2 aliphatic heterocycles. The van der Waals surface area contributed by atoms with E-state index < -0.39 is 10.1 Å². The van der Waals surface area contributed by atoms with Gasteiger partial charge < -0.3 is 19.3 Å². The molecule has 3 aromatic rings. The highest BCUT2D eigenvalue weighted by Crippen LogP contribution is 2.37. The molecule has 0 amide bonds. The SMILES string of the molecule is CN1CCN(C2=Nc3ccccc3Nc3ccc(OS(=O)(=O)c4cccs4)cc32)CC1. The lowest BCUT2D eigenvalue weighted by molar-refractivity contribution is 0.216. The number of hydrogen-bond acceptors (Lipinski definition) is 8. The van der Waals surface area contributed by atoms with Gasteiger partial charge in [0, 0.05) is 37.4 Å².